The fourth-order valence-electron chi connectivity index (χ4n) is 2.75. The van der Waals surface area contributed by atoms with Gasteiger partial charge in [-0.3, -0.25) is 0 Å². The van der Waals surface area contributed by atoms with Crippen LogP contribution in [0.2, 0.25) is 0 Å². The summed E-state index contributed by atoms with van der Waals surface area (Å²) >= 11 is 0. The number of nitrogens with two attached hydrogens (primary N) is 1. The second-order valence-corrected chi connectivity index (χ2v) is 6.59. The number of aromatic nitrogens is 1. The highest BCUT2D eigenvalue weighted by Gasteiger charge is 2.22. The maximum absolute atomic E-state index is 11.7. The van der Waals surface area contributed by atoms with Crippen molar-refractivity contribution in [2.24, 2.45) is 5.73 Å². The van der Waals surface area contributed by atoms with Crippen LogP contribution in [0.3, 0.4) is 0 Å². The third-order valence-corrected chi connectivity index (χ3v) is 3.91. The van der Waals surface area contributed by atoms with Crippen LogP contribution in [-0.4, -0.2) is 33.9 Å². The first-order valence-electron chi connectivity index (χ1n) is 7.50. The molecular weight excluding hydrogens is 280 g/mol. The number of aliphatic hydroxyl groups excluding tert-OH is 1. The quantitative estimate of drug-likeness (QED) is 0.789. The molecule has 2 aromatic rings. The molecule has 0 saturated heterocycles. The van der Waals surface area contributed by atoms with E-state index in [1.807, 2.05) is 10.8 Å². The number of benzene rings is 1. The maximum atomic E-state index is 11.7. The number of carboxylic acid groups (broad SMARTS) is 1. The normalized spacial score (nSPS) is 12.0. The van der Waals surface area contributed by atoms with E-state index in [0.717, 1.165) is 16.5 Å². The molecule has 2 rings (SSSR count). The summed E-state index contributed by atoms with van der Waals surface area (Å²) in [5, 5.41) is 19.8. The maximum Gasteiger partial charge on any atom is 0.337 e. The monoisotopic (exact) mass is 304 g/mol. The number of fused-ring (bicyclic) bond motifs is 1. The molecule has 5 nitrogen and oxygen atoms in total. The third kappa shape index (κ3) is 3.00. The predicted molar refractivity (Wildman–Crippen MR) is 87.4 cm³/mol. The second-order valence-electron chi connectivity index (χ2n) is 6.59. The highest BCUT2D eigenvalue weighted by Crippen LogP contribution is 2.32. The van der Waals surface area contributed by atoms with Gasteiger partial charge >= 0.3 is 5.97 Å². The Bertz CT molecular complexity index is 696. The van der Waals surface area contributed by atoms with E-state index in [1.165, 1.54) is 0 Å². The summed E-state index contributed by atoms with van der Waals surface area (Å²) in [4.78, 5) is 11.7. The van der Waals surface area contributed by atoms with Crippen LogP contribution in [-0.2, 0) is 18.4 Å². The largest absolute Gasteiger partial charge is 0.478 e. The molecule has 0 spiro atoms. The number of hydrogen-bond acceptors (Lipinski definition) is 3. The Morgan fingerprint density at radius 2 is 2.00 bits per heavy atom. The number of aliphatic hydroxyl groups is 1. The third-order valence-electron chi connectivity index (χ3n) is 3.91. The van der Waals surface area contributed by atoms with Gasteiger partial charge in [0.05, 0.1) is 17.7 Å². The van der Waals surface area contributed by atoms with Crippen LogP contribution in [0, 0.1) is 0 Å². The zero-order valence-corrected chi connectivity index (χ0v) is 13.4. The molecule has 4 N–H and O–H groups in total. The van der Waals surface area contributed by atoms with Crippen LogP contribution in [0.4, 0.5) is 0 Å². The number of carboxylic acids is 1. The molecule has 0 saturated carbocycles. The summed E-state index contributed by atoms with van der Waals surface area (Å²) in [5.74, 6) is -0.951. The van der Waals surface area contributed by atoms with Crippen molar-refractivity contribution in [2.45, 2.75) is 39.2 Å². The minimum absolute atomic E-state index is 0.0358. The fraction of sp³-hybridized carbons (Fsp3) is 0.471. The van der Waals surface area contributed by atoms with E-state index < -0.39 is 5.97 Å². The van der Waals surface area contributed by atoms with Gasteiger partial charge < -0.3 is 20.5 Å². The Balaban J connectivity index is 2.83. The molecule has 0 aliphatic heterocycles. The van der Waals surface area contributed by atoms with Gasteiger partial charge in [0.1, 0.15) is 0 Å². The zero-order chi connectivity index (χ0) is 16.5. The molecule has 1 aromatic carbocycles. The first kappa shape index (κ1) is 16.5. The molecular formula is C17H24N2O3. The van der Waals surface area contributed by atoms with Gasteiger partial charge in [0.15, 0.2) is 0 Å². The van der Waals surface area contributed by atoms with E-state index >= 15 is 0 Å². The SMILES string of the molecule is CC(C)(C)c1cc(C(=O)O)c2c(c1)c(CCN)cn2CCO. The van der Waals surface area contributed by atoms with E-state index in [9.17, 15) is 15.0 Å². The first-order chi connectivity index (χ1) is 10.3. The van der Waals surface area contributed by atoms with Crippen LogP contribution < -0.4 is 5.73 Å². The number of hydrogen-bond donors (Lipinski definition) is 3. The number of carbonyl (C=O) groups is 1. The number of nitrogens with zero attached hydrogens (tertiary/aromatic N) is 1. The molecule has 0 amide bonds. The highest BCUT2D eigenvalue weighted by molar-refractivity contribution is 6.04. The van der Waals surface area contributed by atoms with Gasteiger partial charge in [0.25, 0.3) is 0 Å². The first-order valence-corrected chi connectivity index (χ1v) is 7.50. The number of aromatic carboxylic acids is 1. The van der Waals surface area contributed by atoms with Crippen molar-refractivity contribution in [1.82, 2.24) is 4.57 Å². The Morgan fingerprint density at radius 3 is 2.50 bits per heavy atom. The van der Waals surface area contributed by atoms with Crippen LogP contribution in [0.1, 0.15) is 42.3 Å². The Kier molecular flexibility index (Phi) is 4.58. The van der Waals surface area contributed by atoms with Gasteiger partial charge in [-0.1, -0.05) is 20.8 Å². The average Bonchev–Trinajstić information content (AvgIpc) is 2.76. The van der Waals surface area contributed by atoms with Crippen LogP contribution in [0.25, 0.3) is 10.9 Å². The smallest absolute Gasteiger partial charge is 0.337 e. The number of rotatable bonds is 5. The second kappa shape index (κ2) is 6.10. The van der Waals surface area contributed by atoms with Gasteiger partial charge in [-0.15, -0.1) is 0 Å². The van der Waals surface area contributed by atoms with Crippen molar-refractivity contribution in [3.8, 4) is 0 Å². The van der Waals surface area contributed by atoms with Crippen LogP contribution >= 0.6 is 0 Å². The van der Waals surface area contributed by atoms with E-state index in [4.69, 9.17) is 5.73 Å². The van der Waals surface area contributed by atoms with E-state index in [0.29, 0.717) is 25.0 Å². The lowest BCUT2D eigenvalue weighted by Crippen LogP contribution is -2.13. The summed E-state index contributed by atoms with van der Waals surface area (Å²) in [6, 6.07) is 3.80. The summed E-state index contributed by atoms with van der Waals surface area (Å²) in [6.45, 7) is 7.02. The molecule has 0 atom stereocenters. The van der Waals surface area contributed by atoms with E-state index in [2.05, 4.69) is 26.8 Å². The molecule has 0 aliphatic carbocycles. The molecule has 22 heavy (non-hydrogen) atoms. The van der Waals surface area contributed by atoms with E-state index in [1.54, 1.807) is 6.07 Å². The zero-order valence-electron chi connectivity index (χ0n) is 13.4. The summed E-state index contributed by atoms with van der Waals surface area (Å²) in [7, 11) is 0. The van der Waals surface area contributed by atoms with Crippen molar-refractivity contribution in [1.29, 1.82) is 0 Å². The lowest BCUT2D eigenvalue weighted by Gasteiger charge is -2.20. The van der Waals surface area contributed by atoms with Crippen molar-refractivity contribution in [3.63, 3.8) is 0 Å². The Morgan fingerprint density at radius 1 is 1.32 bits per heavy atom. The summed E-state index contributed by atoms with van der Waals surface area (Å²) in [6.07, 6.45) is 2.59. The Labute approximate surface area is 130 Å². The molecule has 0 unspecified atom stereocenters. The average molecular weight is 304 g/mol. The minimum atomic E-state index is -0.951. The lowest BCUT2D eigenvalue weighted by atomic mass is 9.85. The molecule has 0 aliphatic rings. The molecule has 0 radical (unpaired) electrons. The van der Waals surface area contributed by atoms with Gasteiger partial charge in [0, 0.05) is 18.1 Å². The van der Waals surface area contributed by atoms with E-state index in [-0.39, 0.29) is 17.6 Å². The topological polar surface area (TPSA) is 88.5 Å². The van der Waals surface area contributed by atoms with Gasteiger partial charge in [-0.05, 0) is 41.6 Å². The Hall–Kier alpha value is -1.85. The van der Waals surface area contributed by atoms with Crippen molar-refractivity contribution in [2.75, 3.05) is 13.2 Å². The molecule has 120 valence electrons. The molecule has 1 heterocycles. The molecule has 5 heteroatoms. The fourth-order valence-corrected chi connectivity index (χ4v) is 2.75. The molecule has 0 fully saturated rings. The molecule has 1 aromatic heterocycles. The summed E-state index contributed by atoms with van der Waals surface area (Å²) in [5.41, 5.74) is 8.49. The minimum Gasteiger partial charge on any atom is -0.478 e. The standard InChI is InChI=1S/C17H24N2O3/c1-17(2,3)12-8-13-11(4-5-18)10-19(6-7-20)15(13)14(9-12)16(21)22/h8-10,20H,4-7,18H2,1-3H3,(H,21,22). The van der Waals surface area contributed by atoms with Gasteiger partial charge in [-0.25, -0.2) is 4.79 Å². The van der Waals surface area contributed by atoms with Crippen molar-refractivity contribution < 1.29 is 15.0 Å². The predicted octanol–water partition coefficient (Wildman–Crippen LogP) is 2.13. The van der Waals surface area contributed by atoms with Crippen molar-refractivity contribution in [3.05, 3.63) is 35.0 Å². The van der Waals surface area contributed by atoms with Crippen LogP contribution in [0.15, 0.2) is 18.3 Å². The highest BCUT2D eigenvalue weighted by atomic mass is 16.4. The molecule has 0 bridgehead atoms. The van der Waals surface area contributed by atoms with Crippen molar-refractivity contribution >= 4 is 16.9 Å². The lowest BCUT2D eigenvalue weighted by molar-refractivity contribution is 0.0698. The summed E-state index contributed by atoms with van der Waals surface area (Å²) < 4.78 is 1.82. The van der Waals surface area contributed by atoms with Gasteiger partial charge in [-0.2, -0.15) is 0 Å². The van der Waals surface area contributed by atoms with Gasteiger partial charge in [0.2, 0.25) is 0 Å². The van der Waals surface area contributed by atoms with Crippen LogP contribution in [0.5, 0.6) is 0 Å².